The number of fused-ring (bicyclic) bond motifs is 1. The van der Waals surface area contributed by atoms with E-state index in [1.165, 1.54) is 12.3 Å². The molecule has 1 heterocycles. The number of furan rings is 1. The molecule has 22 heavy (non-hydrogen) atoms. The molecule has 0 N–H and O–H groups in total. The molecule has 0 amide bonds. The highest BCUT2D eigenvalue weighted by molar-refractivity contribution is 6.78. The molecule has 0 saturated carbocycles. The van der Waals surface area contributed by atoms with Gasteiger partial charge in [0, 0.05) is 12.1 Å². The molecule has 2 nitrogen and oxygen atoms in total. The van der Waals surface area contributed by atoms with Crippen LogP contribution < -0.4 is 4.43 Å². The van der Waals surface area contributed by atoms with E-state index >= 15 is 0 Å². The Kier molecular flexibility index (Phi) is 4.66. The van der Waals surface area contributed by atoms with Crippen molar-refractivity contribution in [3.05, 3.63) is 30.0 Å². The van der Waals surface area contributed by atoms with Gasteiger partial charge in [0.15, 0.2) is 5.75 Å². The van der Waals surface area contributed by atoms with Gasteiger partial charge in [-0.05, 0) is 16.6 Å². The Hall–Kier alpha value is -1.36. The van der Waals surface area contributed by atoms with Gasteiger partial charge in [-0.3, -0.25) is 0 Å². The summed E-state index contributed by atoms with van der Waals surface area (Å²) in [7, 11) is -2.21. The molecule has 1 aromatic carbocycles. The molecule has 2 rings (SSSR count). The minimum absolute atomic E-state index is 0.187. The van der Waals surface area contributed by atoms with Crippen molar-refractivity contribution in [1.29, 1.82) is 0 Å². The predicted molar refractivity (Wildman–Crippen MR) is 87.8 cm³/mol. The van der Waals surface area contributed by atoms with Gasteiger partial charge < -0.3 is 8.84 Å². The minimum atomic E-state index is -2.21. The highest BCUT2D eigenvalue weighted by atomic mass is 28.4. The molecule has 1 aromatic heterocycles. The Morgan fingerprint density at radius 2 is 1.50 bits per heavy atom. The first-order valence-electron chi connectivity index (χ1n) is 7.75. The lowest BCUT2D eigenvalue weighted by Crippen LogP contribution is -2.50. The van der Waals surface area contributed by atoms with Crippen molar-refractivity contribution in [2.45, 2.75) is 58.2 Å². The zero-order chi connectivity index (χ0) is 16.7. The van der Waals surface area contributed by atoms with Gasteiger partial charge in [0.05, 0.1) is 5.39 Å². The molecule has 0 aliphatic heterocycles. The molecule has 122 valence electrons. The van der Waals surface area contributed by atoms with Crippen LogP contribution in [0.3, 0.4) is 0 Å². The van der Waals surface area contributed by atoms with Crippen LogP contribution in [0.15, 0.2) is 22.8 Å². The van der Waals surface area contributed by atoms with Crippen LogP contribution in [0.1, 0.15) is 41.5 Å². The third kappa shape index (κ3) is 2.67. The second-order valence-electron chi connectivity index (χ2n) is 6.78. The molecule has 2 aromatic rings. The average molecular weight is 326 g/mol. The zero-order valence-electron chi connectivity index (χ0n) is 14.0. The number of hydrogen-bond donors (Lipinski definition) is 0. The lowest BCUT2D eigenvalue weighted by atomic mass is 10.2. The topological polar surface area (TPSA) is 22.4 Å². The SMILES string of the molecule is CC(C)[Si](Oc1coc2cc(F)cc(F)c12)(C(C)C)C(C)C. The summed E-state index contributed by atoms with van der Waals surface area (Å²) in [6, 6.07) is 2.06. The van der Waals surface area contributed by atoms with Crippen LogP contribution in [0.2, 0.25) is 16.6 Å². The van der Waals surface area contributed by atoms with Crippen LogP contribution in [0.25, 0.3) is 11.0 Å². The molecule has 0 fully saturated rings. The standard InChI is InChI=1S/C17H24F2O2Si/c1-10(2)22(11(3)4,12(5)6)21-16-9-20-15-8-13(18)7-14(19)17(15)16/h7-12H,1-6H3. The number of hydrogen-bond acceptors (Lipinski definition) is 2. The van der Waals surface area contributed by atoms with Gasteiger partial charge >= 0.3 is 0 Å². The second kappa shape index (κ2) is 6.03. The first-order valence-corrected chi connectivity index (χ1v) is 9.89. The van der Waals surface area contributed by atoms with Gasteiger partial charge in [-0.15, -0.1) is 0 Å². The molecule has 0 aliphatic carbocycles. The molecule has 5 heteroatoms. The quantitative estimate of drug-likeness (QED) is 0.605. The predicted octanol–water partition coefficient (Wildman–Crippen LogP) is 6.27. The number of halogens is 2. The smallest absolute Gasteiger partial charge is 0.258 e. The van der Waals surface area contributed by atoms with Gasteiger partial charge in [-0.2, -0.15) is 0 Å². The van der Waals surface area contributed by atoms with E-state index < -0.39 is 20.0 Å². The average Bonchev–Trinajstić information content (AvgIpc) is 2.77. The first-order chi connectivity index (χ1) is 10.2. The molecule has 0 atom stereocenters. The van der Waals surface area contributed by atoms with Crippen LogP contribution in [-0.2, 0) is 0 Å². The van der Waals surface area contributed by atoms with E-state index in [4.69, 9.17) is 8.84 Å². The van der Waals surface area contributed by atoms with Crippen LogP contribution in [0, 0.1) is 11.6 Å². The summed E-state index contributed by atoms with van der Waals surface area (Å²) in [5.74, 6) is -0.890. The maximum absolute atomic E-state index is 14.2. The van der Waals surface area contributed by atoms with E-state index in [0.717, 1.165) is 6.07 Å². The van der Waals surface area contributed by atoms with E-state index in [9.17, 15) is 8.78 Å². The molecule has 0 bridgehead atoms. The van der Waals surface area contributed by atoms with Crippen molar-refractivity contribution < 1.29 is 17.6 Å². The summed E-state index contributed by atoms with van der Waals surface area (Å²) in [5, 5.41) is 0.236. The fourth-order valence-electron chi connectivity index (χ4n) is 3.68. The van der Waals surface area contributed by atoms with E-state index in [1.54, 1.807) is 0 Å². The molecule has 0 aliphatic rings. The monoisotopic (exact) mass is 326 g/mol. The van der Waals surface area contributed by atoms with Crippen molar-refractivity contribution in [3.8, 4) is 5.75 Å². The maximum atomic E-state index is 14.2. The summed E-state index contributed by atoms with van der Waals surface area (Å²) < 4.78 is 39.2. The number of benzene rings is 1. The first kappa shape index (κ1) is 17.0. The molecule has 0 unspecified atom stereocenters. The summed E-state index contributed by atoms with van der Waals surface area (Å²) in [6.07, 6.45) is 1.40. The molecular weight excluding hydrogens is 302 g/mol. The lowest BCUT2D eigenvalue weighted by molar-refractivity contribution is 0.470. The van der Waals surface area contributed by atoms with Crippen molar-refractivity contribution in [3.63, 3.8) is 0 Å². The van der Waals surface area contributed by atoms with Gasteiger partial charge in [-0.25, -0.2) is 8.78 Å². The fourth-order valence-corrected chi connectivity index (χ4v) is 8.92. The minimum Gasteiger partial charge on any atom is -0.540 e. The van der Waals surface area contributed by atoms with Crippen molar-refractivity contribution >= 4 is 19.3 Å². The van der Waals surface area contributed by atoms with Crippen molar-refractivity contribution in [2.24, 2.45) is 0 Å². The normalized spacial score (nSPS) is 12.9. The molecule has 0 radical (unpaired) electrons. The van der Waals surface area contributed by atoms with Crippen molar-refractivity contribution in [1.82, 2.24) is 0 Å². The van der Waals surface area contributed by atoms with Crippen LogP contribution >= 0.6 is 0 Å². The largest absolute Gasteiger partial charge is 0.540 e. The van der Waals surface area contributed by atoms with E-state index in [0.29, 0.717) is 22.4 Å². The Morgan fingerprint density at radius 1 is 0.955 bits per heavy atom. The summed E-state index contributed by atoms with van der Waals surface area (Å²) >= 11 is 0. The fraction of sp³-hybridized carbons (Fsp3) is 0.529. The highest BCUT2D eigenvalue weighted by Gasteiger charge is 2.47. The summed E-state index contributed by atoms with van der Waals surface area (Å²) in [4.78, 5) is 0. The van der Waals surface area contributed by atoms with E-state index in [2.05, 4.69) is 41.5 Å². The van der Waals surface area contributed by atoms with Crippen molar-refractivity contribution in [2.75, 3.05) is 0 Å². The Labute approximate surface area is 131 Å². The maximum Gasteiger partial charge on any atom is 0.258 e. The van der Waals surface area contributed by atoms with Crippen LogP contribution in [-0.4, -0.2) is 8.32 Å². The molecule has 0 spiro atoms. The highest BCUT2D eigenvalue weighted by Crippen LogP contribution is 2.44. The Bertz CT molecular complexity index is 640. The molecular formula is C17H24F2O2Si. The molecule has 0 saturated heterocycles. The Morgan fingerprint density at radius 3 is 2.00 bits per heavy atom. The van der Waals surface area contributed by atoms with Crippen LogP contribution in [0.4, 0.5) is 8.78 Å². The van der Waals surface area contributed by atoms with E-state index in [-0.39, 0.29) is 11.0 Å². The third-order valence-corrected chi connectivity index (χ3v) is 10.5. The van der Waals surface area contributed by atoms with Gasteiger partial charge in [0.25, 0.3) is 8.32 Å². The zero-order valence-corrected chi connectivity index (χ0v) is 15.0. The second-order valence-corrected chi connectivity index (χ2v) is 12.2. The Balaban J connectivity index is 2.56. The summed E-state index contributed by atoms with van der Waals surface area (Å²) in [6.45, 7) is 12.9. The third-order valence-electron chi connectivity index (χ3n) is 4.55. The number of rotatable bonds is 5. The van der Waals surface area contributed by atoms with Gasteiger partial charge in [0.2, 0.25) is 0 Å². The van der Waals surface area contributed by atoms with Crippen LogP contribution in [0.5, 0.6) is 5.75 Å². The van der Waals surface area contributed by atoms with E-state index in [1.807, 2.05) is 0 Å². The summed E-state index contributed by atoms with van der Waals surface area (Å²) in [5.41, 5.74) is 1.27. The van der Waals surface area contributed by atoms with Gasteiger partial charge in [-0.1, -0.05) is 41.5 Å². The lowest BCUT2D eigenvalue weighted by Gasteiger charge is -2.41. The van der Waals surface area contributed by atoms with Gasteiger partial charge in [0.1, 0.15) is 23.5 Å².